The number of carbonyl (C=O) groups is 3. The van der Waals surface area contributed by atoms with Crippen LogP contribution in [0.4, 0.5) is 0 Å². The second-order valence-corrected chi connectivity index (χ2v) is 3.37. The van der Waals surface area contributed by atoms with Gasteiger partial charge in [-0.2, -0.15) is 0 Å². The molecule has 0 saturated carbocycles. The topological polar surface area (TPSA) is 145 Å². The van der Waals surface area contributed by atoms with Crippen LogP contribution in [0.5, 0.6) is 0 Å². The van der Waals surface area contributed by atoms with E-state index in [9.17, 15) is 34.8 Å². The number of ether oxygens (including phenoxy) is 1. The Hall–Kier alpha value is -1.55. The van der Waals surface area contributed by atoms with Crippen molar-refractivity contribution in [2.45, 2.75) is 24.4 Å². The third-order valence-corrected chi connectivity index (χ3v) is 2.31. The molecule has 17 heavy (non-hydrogen) atoms. The zero-order valence-corrected chi connectivity index (χ0v) is 8.46. The average Bonchev–Trinajstić information content (AvgIpc) is 2.37. The fourth-order valence-corrected chi connectivity index (χ4v) is 1.33. The van der Waals surface area contributed by atoms with Crippen LogP contribution in [0.1, 0.15) is 0 Å². The highest BCUT2D eigenvalue weighted by atomic mass is 16.5. The van der Waals surface area contributed by atoms with E-state index in [1.165, 1.54) is 0 Å². The van der Waals surface area contributed by atoms with Gasteiger partial charge >= 0.3 is 0 Å². The van der Waals surface area contributed by atoms with E-state index in [0.29, 0.717) is 0 Å². The first-order valence-electron chi connectivity index (χ1n) is 4.54. The third-order valence-electron chi connectivity index (χ3n) is 2.31. The van der Waals surface area contributed by atoms with E-state index in [2.05, 4.69) is 4.74 Å². The minimum atomic E-state index is -2.10. The maximum atomic E-state index is 11.4. The summed E-state index contributed by atoms with van der Waals surface area (Å²) in [5.74, 6) is -2.56. The second kappa shape index (κ2) is 5.19. The van der Waals surface area contributed by atoms with Crippen molar-refractivity contribution < 1.29 is 39.5 Å². The molecule has 9 heteroatoms. The van der Waals surface area contributed by atoms with E-state index in [-0.39, 0.29) is 11.4 Å². The Morgan fingerprint density at radius 1 is 1.06 bits per heavy atom. The van der Waals surface area contributed by atoms with Crippen LogP contribution in [0.15, 0.2) is 0 Å². The number of hydrogen-bond acceptors (Lipinski definition) is 8. The molecule has 96 valence electrons. The van der Waals surface area contributed by atoms with Crippen LogP contribution in [0.25, 0.3) is 0 Å². The summed E-state index contributed by atoms with van der Waals surface area (Å²) in [5.41, 5.74) is 0. The van der Waals surface area contributed by atoms with E-state index in [1.54, 1.807) is 0 Å². The summed E-state index contributed by atoms with van der Waals surface area (Å²) in [6, 6.07) is 0. The molecule has 1 fully saturated rings. The molecule has 0 bridgehead atoms. The zero-order chi connectivity index (χ0) is 13.2. The van der Waals surface area contributed by atoms with Crippen molar-refractivity contribution in [2.24, 2.45) is 0 Å². The van der Waals surface area contributed by atoms with Crippen LogP contribution >= 0.6 is 0 Å². The molecule has 9 nitrogen and oxygen atoms in total. The molecule has 0 aromatic rings. The van der Waals surface area contributed by atoms with Gasteiger partial charge in [-0.05, 0) is 0 Å². The van der Waals surface area contributed by atoms with Crippen molar-refractivity contribution in [3.63, 3.8) is 0 Å². The van der Waals surface area contributed by atoms with Gasteiger partial charge in [0.15, 0.2) is 18.9 Å². The second-order valence-electron chi connectivity index (χ2n) is 3.37. The summed E-state index contributed by atoms with van der Waals surface area (Å²) in [6.07, 6.45) is -8.21. The number of carbonyl (C=O) groups excluding carboxylic acids is 3. The predicted octanol–water partition coefficient (Wildman–Crippen LogP) is -4.07. The lowest BCUT2D eigenvalue weighted by Crippen LogP contribution is -2.46. The highest BCUT2D eigenvalue weighted by Crippen LogP contribution is 2.15. The van der Waals surface area contributed by atoms with Crippen LogP contribution in [-0.2, 0) is 19.1 Å². The van der Waals surface area contributed by atoms with Crippen molar-refractivity contribution in [3.8, 4) is 0 Å². The summed E-state index contributed by atoms with van der Waals surface area (Å²) in [7, 11) is 0. The lowest BCUT2D eigenvalue weighted by atomic mass is 10.1. The Morgan fingerprint density at radius 3 is 1.82 bits per heavy atom. The number of amides is 2. The first-order chi connectivity index (χ1) is 7.91. The van der Waals surface area contributed by atoms with Crippen molar-refractivity contribution >= 4 is 18.3 Å². The smallest absolute Gasteiger partial charge is 0.294 e. The molecule has 0 unspecified atom stereocenters. The molecule has 0 spiro atoms. The summed E-state index contributed by atoms with van der Waals surface area (Å²) < 4.78 is 4.15. The maximum absolute atomic E-state index is 11.4. The average molecular weight is 249 g/mol. The molecule has 4 atom stereocenters. The van der Waals surface area contributed by atoms with E-state index >= 15 is 0 Å². The summed E-state index contributed by atoms with van der Waals surface area (Å²) in [6.45, 7) is -0.869. The maximum Gasteiger partial charge on any atom is 0.294 e. The van der Waals surface area contributed by atoms with E-state index < -0.39 is 43.0 Å². The SMILES string of the molecule is O=COCN1C(=O)[C@@H](O)[C@@H](O)[C@H](O)[C@@H](O)C1=O. The third kappa shape index (κ3) is 2.42. The Kier molecular flexibility index (Phi) is 4.12. The number of aliphatic hydroxyl groups excluding tert-OH is 4. The lowest BCUT2D eigenvalue weighted by molar-refractivity contribution is -0.161. The molecule has 1 aliphatic rings. The largest absolute Gasteiger partial charge is 0.446 e. The molecule has 0 aromatic carbocycles. The number of imide groups is 1. The molecular weight excluding hydrogens is 238 g/mol. The fraction of sp³-hybridized carbons (Fsp3) is 0.625. The minimum absolute atomic E-state index is 0.0446. The van der Waals surface area contributed by atoms with Crippen LogP contribution in [-0.4, -0.2) is 74.8 Å². The number of aliphatic hydroxyl groups is 4. The van der Waals surface area contributed by atoms with Crippen LogP contribution < -0.4 is 0 Å². The lowest BCUT2D eigenvalue weighted by Gasteiger charge is -2.19. The highest BCUT2D eigenvalue weighted by molar-refractivity contribution is 6.00. The van der Waals surface area contributed by atoms with Gasteiger partial charge in [0.05, 0.1) is 0 Å². The predicted molar refractivity (Wildman–Crippen MR) is 47.9 cm³/mol. The van der Waals surface area contributed by atoms with E-state index in [0.717, 1.165) is 0 Å². The number of rotatable bonds is 3. The van der Waals surface area contributed by atoms with Gasteiger partial charge in [0.25, 0.3) is 18.3 Å². The van der Waals surface area contributed by atoms with Crippen molar-refractivity contribution in [1.29, 1.82) is 0 Å². The molecule has 2 amide bonds. The first-order valence-corrected chi connectivity index (χ1v) is 4.54. The van der Waals surface area contributed by atoms with Crippen LogP contribution in [0.2, 0.25) is 0 Å². The number of hydrogen-bond donors (Lipinski definition) is 4. The molecule has 1 aliphatic heterocycles. The van der Waals surface area contributed by atoms with Crippen molar-refractivity contribution in [2.75, 3.05) is 6.73 Å². The van der Waals surface area contributed by atoms with Gasteiger partial charge in [0.2, 0.25) is 0 Å². The van der Waals surface area contributed by atoms with Crippen molar-refractivity contribution in [3.05, 3.63) is 0 Å². The Labute approximate surface area is 94.8 Å². The molecule has 0 aromatic heterocycles. The summed E-state index contributed by atoms with van der Waals surface area (Å²) in [5, 5.41) is 37.1. The van der Waals surface area contributed by atoms with Gasteiger partial charge < -0.3 is 25.2 Å². The van der Waals surface area contributed by atoms with Gasteiger partial charge in [0.1, 0.15) is 12.2 Å². The molecule has 1 heterocycles. The quantitative estimate of drug-likeness (QED) is 0.292. The van der Waals surface area contributed by atoms with Crippen LogP contribution in [0, 0.1) is 0 Å². The van der Waals surface area contributed by atoms with Gasteiger partial charge in [-0.3, -0.25) is 14.4 Å². The number of likely N-dealkylation sites (tertiary alicyclic amines) is 1. The van der Waals surface area contributed by atoms with E-state index in [1.807, 2.05) is 0 Å². The number of nitrogens with zero attached hydrogens (tertiary/aromatic N) is 1. The monoisotopic (exact) mass is 249 g/mol. The fourth-order valence-electron chi connectivity index (χ4n) is 1.33. The summed E-state index contributed by atoms with van der Waals surface area (Å²) >= 11 is 0. The molecule has 4 N–H and O–H groups in total. The Bertz CT molecular complexity index is 305. The highest BCUT2D eigenvalue weighted by Gasteiger charge is 2.46. The van der Waals surface area contributed by atoms with Gasteiger partial charge in [-0.25, -0.2) is 4.90 Å². The zero-order valence-electron chi connectivity index (χ0n) is 8.46. The first kappa shape index (κ1) is 13.5. The summed E-state index contributed by atoms with van der Waals surface area (Å²) in [4.78, 5) is 33.0. The molecule has 0 radical (unpaired) electrons. The standard InChI is InChI=1S/C8H11NO8/c10-2-17-1-9-7(15)5(13)3(11)4(12)6(14)8(9)16/h2-6,11-14H,1H2/t3-,4-,5-,6+/m0/s1. The molecule has 1 rings (SSSR count). The van der Waals surface area contributed by atoms with E-state index in [4.69, 9.17) is 0 Å². The van der Waals surface area contributed by atoms with Gasteiger partial charge in [0, 0.05) is 0 Å². The molecule has 0 aliphatic carbocycles. The Balaban J connectivity index is 2.99. The van der Waals surface area contributed by atoms with Gasteiger partial charge in [-0.1, -0.05) is 0 Å². The normalized spacial score (nSPS) is 34.5. The van der Waals surface area contributed by atoms with Crippen LogP contribution in [0.3, 0.4) is 0 Å². The molecule has 1 saturated heterocycles. The molecular formula is C8H11NO8. The van der Waals surface area contributed by atoms with Crippen molar-refractivity contribution in [1.82, 2.24) is 4.90 Å². The minimum Gasteiger partial charge on any atom is -0.446 e. The Morgan fingerprint density at radius 2 is 1.47 bits per heavy atom. The van der Waals surface area contributed by atoms with Gasteiger partial charge in [-0.15, -0.1) is 0 Å².